The molecule has 1 atom stereocenters. The molecule has 0 spiro atoms. The van der Waals surface area contributed by atoms with Crippen molar-refractivity contribution in [3.63, 3.8) is 0 Å². The Bertz CT molecular complexity index is 419. The molecule has 0 radical (unpaired) electrons. The molecule has 1 rings (SSSR count). The zero-order chi connectivity index (χ0) is 13.2. The summed E-state index contributed by atoms with van der Waals surface area (Å²) >= 11 is 0. The Morgan fingerprint density at radius 3 is 2.41 bits per heavy atom. The van der Waals surface area contributed by atoms with Gasteiger partial charge < -0.3 is 5.32 Å². The van der Waals surface area contributed by atoms with Crippen LogP contribution in [0.15, 0.2) is 18.2 Å². The van der Waals surface area contributed by atoms with Gasteiger partial charge in [0.2, 0.25) is 0 Å². The lowest BCUT2D eigenvalue weighted by Gasteiger charge is -2.22. The average molecular weight is 237 g/mol. The molecular formula is C14H20FNO. The van der Waals surface area contributed by atoms with Gasteiger partial charge >= 0.3 is 0 Å². The molecule has 0 saturated carbocycles. The predicted molar refractivity (Wildman–Crippen MR) is 67.9 cm³/mol. The lowest BCUT2D eigenvalue weighted by molar-refractivity contribution is 0.0916. The third kappa shape index (κ3) is 3.84. The molecule has 3 heteroatoms. The zero-order valence-corrected chi connectivity index (χ0v) is 11.1. The molecule has 0 bridgehead atoms. The number of nitrogens with one attached hydrogen (secondary N) is 1. The molecule has 1 N–H and O–H groups in total. The minimum Gasteiger partial charge on any atom is -0.347 e. The van der Waals surface area contributed by atoms with Gasteiger partial charge in [-0.25, -0.2) is 4.39 Å². The Kier molecular flexibility index (Phi) is 3.91. The second-order valence-corrected chi connectivity index (χ2v) is 5.41. The van der Waals surface area contributed by atoms with Crippen LogP contribution < -0.4 is 5.32 Å². The lowest BCUT2D eigenvalue weighted by Crippen LogP contribution is -2.41. The van der Waals surface area contributed by atoms with E-state index in [0.717, 1.165) is 5.56 Å². The van der Waals surface area contributed by atoms with Gasteiger partial charge in [-0.2, -0.15) is 0 Å². The van der Waals surface area contributed by atoms with Crippen molar-refractivity contribution in [1.29, 1.82) is 0 Å². The van der Waals surface area contributed by atoms with Crippen molar-refractivity contribution in [2.45, 2.75) is 46.3 Å². The highest BCUT2D eigenvalue weighted by atomic mass is 19.1. The van der Waals surface area contributed by atoms with Crippen molar-refractivity contribution in [2.75, 3.05) is 0 Å². The minimum absolute atomic E-state index is 0.222. The molecule has 2 nitrogen and oxygen atoms in total. The van der Waals surface area contributed by atoms with Gasteiger partial charge in [0.15, 0.2) is 0 Å². The molecule has 0 aliphatic rings. The number of hydrogen-bond donors (Lipinski definition) is 1. The number of alkyl halides is 1. The quantitative estimate of drug-likeness (QED) is 0.837. The Labute approximate surface area is 102 Å². The Balaban J connectivity index is 3.11. The fourth-order valence-corrected chi connectivity index (χ4v) is 1.62. The molecule has 0 fully saturated rings. The molecule has 0 saturated heterocycles. The molecule has 0 unspecified atom stereocenters. The number of amides is 1. The van der Waals surface area contributed by atoms with E-state index in [1.165, 1.54) is 6.92 Å². The fourth-order valence-electron chi connectivity index (χ4n) is 1.62. The van der Waals surface area contributed by atoms with Crippen LogP contribution in [0.4, 0.5) is 4.39 Å². The number of rotatable bonds is 2. The minimum atomic E-state index is -1.14. The number of carbonyl (C=O) groups is 1. The number of benzene rings is 1. The van der Waals surface area contributed by atoms with Crippen LogP contribution in [-0.4, -0.2) is 11.4 Å². The van der Waals surface area contributed by atoms with E-state index in [9.17, 15) is 9.18 Å². The summed E-state index contributed by atoms with van der Waals surface area (Å²) in [5.41, 5.74) is 1.50. The summed E-state index contributed by atoms with van der Waals surface area (Å²) in [6.45, 7) is 9.04. The highest BCUT2D eigenvalue weighted by molar-refractivity contribution is 5.96. The van der Waals surface area contributed by atoms with Gasteiger partial charge in [-0.1, -0.05) is 17.7 Å². The van der Waals surface area contributed by atoms with Gasteiger partial charge in [0.25, 0.3) is 5.91 Å². The van der Waals surface area contributed by atoms with Crippen molar-refractivity contribution in [3.8, 4) is 0 Å². The third-order valence-corrected chi connectivity index (χ3v) is 2.37. The largest absolute Gasteiger partial charge is 0.347 e. The second-order valence-electron chi connectivity index (χ2n) is 5.41. The monoisotopic (exact) mass is 237 g/mol. The van der Waals surface area contributed by atoms with Gasteiger partial charge in [0, 0.05) is 11.1 Å². The van der Waals surface area contributed by atoms with Gasteiger partial charge in [-0.3, -0.25) is 4.79 Å². The number of hydrogen-bond acceptors (Lipinski definition) is 1. The van der Waals surface area contributed by atoms with Gasteiger partial charge in [-0.05, 0) is 46.2 Å². The normalized spacial score (nSPS) is 13.3. The molecule has 1 aromatic rings. The smallest absolute Gasteiger partial charge is 0.252 e. The summed E-state index contributed by atoms with van der Waals surface area (Å²) in [4.78, 5) is 12.1. The molecule has 0 aliphatic carbocycles. The number of carbonyl (C=O) groups excluding carboxylic acids is 1. The summed E-state index contributed by atoms with van der Waals surface area (Å²) in [5, 5.41) is 2.85. The van der Waals surface area contributed by atoms with E-state index in [1.807, 2.05) is 33.8 Å². The Morgan fingerprint density at radius 1 is 1.35 bits per heavy atom. The first-order valence-corrected chi connectivity index (χ1v) is 5.78. The van der Waals surface area contributed by atoms with E-state index in [2.05, 4.69) is 5.32 Å². The van der Waals surface area contributed by atoms with Crippen LogP contribution in [0.1, 0.15) is 55.4 Å². The lowest BCUT2D eigenvalue weighted by atomic mass is 9.99. The first-order chi connectivity index (χ1) is 7.70. The van der Waals surface area contributed by atoms with Crippen molar-refractivity contribution in [1.82, 2.24) is 5.32 Å². The zero-order valence-electron chi connectivity index (χ0n) is 11.1. The van der Waals surface area contributed by atoms with E-state index in [4.69, 9.17) is 0 Å². The first kappa shape index (κ1) is 13.7. The highest BCUT2D eigenvalue weighted by Gasteiger charge is 2.20. The average Bonchev–Trinajstić information content (AvgIpc) is 2.14. The van der Waals surface area contributed by atoms with Crippen LogP contribution >= 0.6 is 0 Å². The molecule has 0 heterocycles. The van der Waals surface area contributed by atoms with Crippen LogP contribution in [0, 0.1) is 6.92 Å². The summed E-state index contributed by atoms with van der Waals surface area (Å²) in [6, 6.07) is 5.23. The SMILES string of the molecule is Cc1ccc([C@@H](C)F)c(C(=O)NC(C)(C)C)c1. The maximum absolute atomic E-state index is 13.4. The third-order valence-electron chi connectivity index (χ3n) is 2.37. The summed E-state index contributed by atoms with van der Waals surface area (Å²) in [5.74, 6) is -0.222. The van der Waals surface area contributed by atoms with Crippen molar-refractivity contribution >= 4 is 5.91 Å². The van der Waals surface area contributed by atoms with Crippen LogP contribution in [0.2, 0.25) is 0 Å². The van der Waals surface area contributed by atoms with E-state index in [0.29, 0.717) is 11.1 Å². The molecule has 94 valence electrons. The molecular weight excluding hydrogens is 217 g/mol. The molecule has 1 amide bonds. The maximum Gasteiger partial charge on any atom is 0.252 e. The second kappa shape index (κ2) is 4.86. The maximum atomic E-state index is 13.4. The van der Waals surface area contributed by atoms with Crippen molar-refractivity contribution < 1.29 is 9.18 Å². The van der Waals surface area contributed by atoms with E-state index in [-0.39, 0.29) is 11.4 Å². The molecule has 1 aromatic carbocycles. The predicted octanol–water partition coefficient (Wildman–Crippen LogP) is 3.55. The van der Waals surface area contributed by atoms with E-state index < -0.39 is 6.17 Å². The van der Waals surface area contributed by atoms with Crippen molar-refractivity contribution in [2.24, 2.45) is 0 Å². The standard InChI is InChI=1S/C14H20FNO/c1-9-6-7-11(10(2)15)12(8-9)13(17)16-14(3,4)5/h6-8,10H,1-5H3,(H,16,17)/t10-/m1/s1. The van der Waals surface area contributed by atoms with Crippen LogP contribution in [0.3, 0.4) is 0 Å². The van der Waals surface area contributed by atoms with E-state index in [1.54, 1.807) is 12.1 Å². The van der Waals surface area contributed by atoms with Crippen LogP contribution in [0.5, 0.6) is 0 Å². The molecule has 0 aliphatic heterocycles. The summed E-state index contributed by atoms with van der Waals surface area (Å²) < 4.78 is 13.4. The first-order valence-electron chi connectivity index (χ1n) is 5.78. The number of halogens is 1. The molecule has 17 heavy (non-hydrogen) atoms. The highest BCUT2D eigenvalue weighted by Crippen LogP contribution is 2.22. The summed E-state index contributed by atoms with van der Waals surface area (Å²) in [6.07, 6.45) is -1.14. The Hall–Kier alpha value is -1.38. The van der Waals surface area contributed by atoms with Gasteiger partial charge in [0.1, 0.15) is 6.17 Å². The van der Waals surface area contributed by atoms with Gasteiger partial charge in [0.05, 0.1) is 0 Å². The van der Waals surface area contributed by atoms with Crippen molar-refractivity contribution in [3.05, 3.63) is 34.9 Å². The summed E-state index contributed by atoms with van der Waals surface area (Å²) in [7, 11) is 0. The van der Waals surface area contributed by atoms with Crippen LogP contribution in [0.25, 0.3) is 0 Å². The number of aryl methyl sites for hydroxylation is 1. The van der Waals surface area contributed by atoms with Crippen LogP contribution in [-0.2, 0) is 0 Å². The van der Waals surface area contributed by atoms with Gasteiger partial charge in [-0.15, -0.1) is 0 Å². The molecule has 0 aromatic heterocycles. The fraction of sp³-hybridized carbons (Fsp3) is 0.500. The van der Waals surface area contributed by atoms with E-state index >= 15 is 0 Å². The Morgan fingerprint density at radius 2 is 1.94 bits per heavy atom. The topological polar surface area (TPSA) is 29.1 Å².